The van der Waals surface area contributed by atoms with E-state index in [1.54, 1.807) is 6.07 Å². The average molecular weight is 296 g/mol. The lowest BCUT2D eigenvalue weighted by Crippen LogP contribution is -2.31. The highest BCUT2D eigenvalue weighted by Gasteiger charge is 2.39. The van der Waals surface area contributed by atoms with E-state index in [-0.39, 0.29) is 5.82 Å². The van der Waals surface area contributed by atoms with Crippen molar-refractivity contribution < 1.29 is 4.39 Å². The van der Waals surface area contributed by atoms with Gasteiger partial charge >= 0.3 is 0 Å². The third-order valence-corrected chi connectivity index (χ3v) is 5.80. The summed E-state index contributed by atoms with van der Waals surface area (Å²) in [7, 11) is 2.01. The van der Waals surface area contributed by atoms with E-state index in [9.17, 15) is 4.39 Å². The van der Waals surface area contributed by atoms with Crippen molar-refractivity contribution in [2.75, 3.05) is 7.05 Å². The highest BCUT2D eigenvalue weighted by Crippen LogP contribution is 2.50. The number of hydrogen-bond donors (Lipinski definition) is 1. The Bertz CT molecular complexity index is 476. The van der Waals surface area contributed by atoms with Gasteiger partial charge in [0, 0.05) is 6.04 Å². The summed E-state index contributed by atoms with van der Waals surface area (Å²) in [6.45, 7) is 0. The van der Waals surface area contributed by atoms with Crippen LogP contribution in [-0.4, -0.2) is 13.1 Å². The number of fused-ring (bicyclic) bond motifs is 2. The van der Waals surface area contributed by atoms with E-state index in [1.165, 1.54) is 38.2 Å². The van der Waals surface area contributed by atoms with Crippen molar-refractivity contribution >= 4 is 11.6 Å². The lowest BCUT2D eigenvalue weighted by molar-refractivity contribution is 0.281. The van der Waals surface area contributed by atoms with Gasteiger partial charge in [0.2, 0.25) is 0 Å². The predicted octanol–water partition coefficient (Wildman–Crippen LogP) is 4.44. The van der Waals surface area contributed by atoms with E-state index in [2.05, 4.69) is 5.32 Å². The van der Waals surface area contributed by atoms with Crippen LogP contribution in [0.2, 0.25) is 5.02 Å². The summed E-state index contributed by atoms with van der Waals surface area (Å²) in [6.07, 6.45) is 7.74. The average Bonchev–Trinajstić information content (AvgIpc) is 3.05. The fourth-order valence-corrected chi connectivity index (χ4v) is 4.51. The van der Waals surface area contributed by atoms with Crippen molar-refractivity contribution in [3.05, 3.63) is 34.6 Å². The largest absolute Gasteiger partial charge is 0.317 e. The summed E-state index contributed by atoms with van der Waals surface area (Å²) in [4.78, 5) is 0. The van der Waals surface area contributed by atoms with E-state index >= 15 is 0 Å². The second-order valence-corrected chi connectivity index (χ2v) is 6.95. The van der Waals surface area contributed by atoms with Gasteiger partial charge < -0.3 is 5.32 Å². The zero-order valence-electron chi connectivity index (χ0n) is 12.0. The molecule has 0 radical (unpaired) electrons. The molecule has 1 aromatic carbocycles. The topological polar surface area (TPSA) is 12.0 Å². The molecule has 0 amide bonds. The summed E-state index contributed by atoms with van der Waals surface area (Å²) >= 11 is 6.07. The number of halogens is 2. The van der Waals surface area contributed by atoms with Crippen molar-refractivity contribution in [2.24, 2.45) is 17.8 Å². The SMILES string of the molecule is CNC(Cc1cccc(F)c1Cl)CC1CC2CCC1C2. The summed E-state index contributed by atoms with van der Waals surface area (Å²) in [6, 6.07) is 5.52. The van der Waals surface area contributed by atoms with Gasteiger partial charge in [-0.2, -0.15) is 0 Å². The van der Waals surface area contributed by atoms with Gasteiger partial charge in [0.05, 0.1) is 5.02 Å². The molecule has 2 aliphatic rings. The van der Waals surface area contributed by atoms with Gasteiger partial charge in [-0.15, -0.1) is 0 Å². The Morgan fingerprint density at radius 2 is 2.20 bits per heavy atom. The molecule has 0 heterocycles. The lowest BCUT2D eigenvalue weighted by atomic mass is 9.83. The van der Waals surface area contributed by atoms with Crippen molar-refractivity contribution in [2.45, 2.75) is 44.6 Å². The van der Waals surface area contributed by atoms with Crippen LogP contribution in [0, 0.1) is 23.6 Å². The van der Waals surface area contributed by atoms with Crippen molar-refractivity contribution in [3.63, 3.8) is 0 Å². The second kappa shape index (κ2) is 6.03. The fraction of sp³-hybridized carbons (Fsp3) is 0.647. The Labute approximate surface area is 125 Å². The van der Waals surface area contributed by atoms with Gasteiger partial charge in [-0.25, -0.2) is 4.39 Å². The number of hydrogen-bond acceptors (Lipinski definition) is 1. The Morgan fingerprint density at radius 3 is 2.85 bits per heavy atom. The molecule has 3 heteroatoms. The molecule has 2 aliphatic carbocycles. The van der Waals surface area contributed by atoms with Crippen molar-refractivity contribution in [1.29, 1.82) is 0 Å². The molecule has 4 atom stereocenters. The normalized spacial score (nSPS) is 29.9. The molecule has 0 spiro atoms. The maximum Gasteiger partial charge on any atom is 0.142 e. The van der Waals surface area contributed by atoms with Crippen LogP contribution >= 0.6 is 11.6 Å². The molecular weight excluding hydrogens is 273 g/mol. The molecule has 2 fully saturated rings. The monoisotopic (exact) mass is 295 g/mol. The molecule has 0 aromatic heterocycles. The Kier molecular flexibility index (Phi) is 4.32. The van der Waals surface area contributed by atoms with E-state index in [0.29, 0.717) is 11.1 Å². The first kappa shape index (κ1) is 14.3. The quantitative estimate of drug-likeness (QED) is 0.847. The molecule has 0 aliphatic heterocycles. The third-order valence-electron chi connectivity index (χ3n) is 5.38. The molecule has 1 N–H and O–H groups in total. The molecule has 2 saturated carbocycles. The highest BCUT2D eigenvalue weighted by atomic mass is 35.5. The Morgan fingerprint density at radius 1 is 1.35 bits per heavy atom. The number of rotatable bonds is 5. The van der Waals surface area contributed by atoms with Crippen LogP contribution in [0.3, 0.4) is 0 Å². The van der Waals surface area contributed by atoms with Crippen LogP contribution in [0.15, 0.2) is 18.2 Å². The van der Waals surface area contributed by atoms with Crippen molar-refractivity contribution in [1.82, 2.24) is 5.32 Å². The minimum atomic E-state index is -0.307. The standard InChI is InChI=1S/C17H23ClFN/c1-20-15(9-13-3-2-4-16(19)17(13)18)10-14-8-11-5-6-12(14)7-11/h2-4,11-12,14-15,20H,5-10H2,1H3. The first-order chi connectivity index (χ1) is 9.67. The second-order valence-electron chi connectivity index (χ2n) is 6.57. The molecule has 20 heavy (non-hydrogen) atoms. The van der Waals surface area contributed by atoms with Gasteiger partial charge in [-0.05, 0) is 68.5 Å². The molecule has 3 rings (SSSR count). The number of nitrogens with one attached hydrogen (secondary N) is 1. The predicted molar refractivity (Wildman–Crippen MR) is 81.5 cm³/mol. The smallest absolute Gasteiger partial charge is 0.142 e. The molecule has 2 bridgehead atoms. The minimum Gasteiger partial charge on any atom is -0.317 e. The lowest BCUT2D eigenvalue weighted by Gasteiger charge is -2.27. The summed E-state index contributed by atoms with van der Waals surface area (Å²) in [5, 5.41) is 3.69. The van der Waals surface area contributed by atoms with Gasteiger partial charge in [0.15, 0.2) is 0 Å². The number of likely N-dealkylation sites (N-methyl/N-ethyl adjacent to an activating group) is 1. The summed E-state index contributed by atoms with van der Waals surface area (Å²) in [5.74, 6) is 2.48. The van der Waals surface area contributed by atoms with Crippen LogP contribution in [-0.2, 0) is 6.42 Å². The molecular formula is C17H23ClFN. The van der Waals surface area contributed by atoms with Crippen LogP contribution in [0.1, 0.15) is 37.7 Å². The van der Waals surface area contributed by atoms with Crippen LogP contribution in [0.5, 0.6) is 0 Å². The van der Waals surface area contributed by atoms with E-state index in [1.807, 2.05) is 13.1 Å². The summed E-state index contributed by atoms with van der Waals surface area (Å²) in [5.41, 5.74) is 0.925. The minimum absolute atomic E-state index is 0.292. The van der Waals surface area contributed by atoms with Crippen LogP contribution < -0.4 is 5.32 Å². The first-order valence-electron chi connectivity index (χ1n) is 7.77. The van der Waals surface area contributed by atoms with Gasteiger partial charge in [-0.1, -0.05) is 30.2 Å². The molecule has 0 saturated heterocycles. The number of benzene rings is 1. The highest BCUT2D eigenvalue weighted by molar-refractivity contribution is 6.31. The molecule has 1 aromatic rings. The molecule has 1 nitrogen and oxygen atoms in total. The zero-order valence-corrected chi connectivity index (χ0v) is 12.8. The molecule has 110 valence electrons. The maximum atomic E-state index is 13.5. The Balaban J connectivity index is 1.63. The maximum absolute atomic E-state index is 13.5. The van der Waals surface area contributed by atoms with Crippen LogP contribution in [0.25, 0.3) is 0 Å². The van der Waals surface area contributed by atoms with E-state index < -0.39 is 0 Å². The summed E-state index contributed by atoms with van der Waals surface area (Å²) < 4.78 is 13.5. The molecule has 4 unspecified atom stereocenters. The third kappa shape index (κ3) is 2.87. The first-order valence-corrected chi connectivity index (χ1v) is 8.15. The fourth-order valence-electron chi connectivity index (χ4n) is 4.31. The Hall–Kier alpha value is -0.600. The van der Waals surface area contributed by atoms with Crippen LogP contribution in [0.4, 0.5) is 4.39 Å². The van der Waals surface area contributed by atoms with Gasteiger partial charge in [0.25, 0.3) is 0 Å². The van der Waals surface area contributed by atoms with E-state index in [4.69, 9.17) is 11.6 Å². The van der Waals surface area contributed by atoms with Gasteiger partial charge in [0.1, 0.15) is 5.82 Å². The van der Waals surface area contributed by atoms with Crippen molar-refractivity contribution in [3.8, 4) is 0 Å². The van der Waals surface area contributed by atoms with E-state index in [0.717, 1.165) is 29.7 Å². The van der Waals surface area contributed by atoms with Gasteiger partial charge in [-0.3, -0.25) is 0 Å². The zero-order chi connectivity index (χ0) is 14.1.